The van der Waals surface area contributed by atoms with Gasteiger partial charge in [0.1, 0.15) is 35.5 Å². The third-order valence-corrected chi connectivity index (χ3v) is 7.47. The van der Waals surface area contributed by atoms with Crippen molar-refractivity contribution in [1.82, 2.24) is 9.97 Å². The number of nitrogens with zero attached hydrogens (tertiary/aromatic N) is 2. The van der Waals surface area contributed by atoms with Crippen molar-refractivity contribution in [2.75, 3.05) is 50.7 Å². The molecule has 3 aliphatic heterocycles. The second-order valence-corrected chi connectivity index (χ2v) is 9.60. The molecule has 3 aliphatic rings. The lowest BCUT2D eigenvalue weighted by Gasteiger charge is -2.29. The molecule has 1 aromatic carbocycles. The largest absolute Gasteiger partial charge is 0.469 e. The van der Waals surface area contributed by atoms with Crippen molar-refractivity contribution in [3.8, 4) is 17.1 Å². The SMILES string of the molecule is CSc1c(O[C@@H]2COC3[C@H](O)CO[C@@H]32)[nH]c2ccc(-c3c(F)cc(N4CCOCC4)cc3F)nc12. The Bertz CT molecular complexity index is 1230. The number of thioether (sulfide) groups is 1. The van der Waals surface area contributed by atoms with Crippen molar-refractivity contribution in [3.05, 3.63) is 35.9 Å². The minimum absolute atomic E-state index is 0.167. The van der Waals surface area contributed by atoms with Gasteiger partial charge in [-0.25, -0.2) is 13.8 Å². The summed E-state index contributed by atoms with van der Waals surface area (Å²) in [5, 5.41) is 9.98. The maximum atomic E-state index is 15.1. The normalized spacial score (nSPS) is 26.5. The number of benzene rings is 1. The van der Waals surface area contributed by atoms with Gasteiger partial charge >= 0.3 is 0 Å². The minimum atomic E-state index is -0.667. The van der Waals surface area contributed by atoms with Crippen LogP contribution < -0.4 is 9.64 Å². The van der Waals surface area contributed by atoms with Crippen molar-refractivity contribution in [2.24, 2.45) is 0 Å². The molecule has 186 valence electrons. The van der Waals surface area contributed by atoms with Gasteiger partial charge in [-0.15, -0.1) is 11.8 Å². The summed E-state index contributed by atoms with van der Waals surface area (Å²) >= 11 is 1.42. The van der Waals surface area contributed by atoms with E-state index in [-0.39, 0.29) is 24.0 Å². The molecule has 8 nitrogen and oxygen atoms in total. The summed E-state index contributed by atoms with van der Waals surface area (Å²) in [5.41, 5.74) is 1.77. The van der Waals surface area contributed by atoms with Gasteiger partial charge in [0, 0.05) is 18.8 Å². The van der Waals surface area contributed by atoms with Crippen LogP contribution in [0.2, 0.25) is 0 Å². The Morgan fingerprint density at radius 3 is 2.60 bits per heavy atom. The van der Waals surface area contributed by atoms with Crippen LogP contribution in [0.4, 0.5) is 14.5 Å². The van der Waals surface area contributed by atoms with Crippen LogP contribution in [0.3, 0.4) is 0 Å². The van der Waals surface area contributed by atoms with Gasteiger partial charge < -0.3 is 33.9 Å². The molecule has 0 amide bonds. The molecule has 6 rings (SSSR count). The van der Waals surface area contributed by atoms with Gasteiger partial charge in [-0.1, -0.05) is 0 Å². The quantitative estimate of drug-likeness (QED) is 0.512. The fraction of sp³-hybridized carbons (Fsp3) is 0.458. The van der Waals surface area contributed by atoms with E-state index in [4.69, 9.17) is 18.9 Å². The Morgan fingerprint density at radius 2 is 1.86 bits per heavy atom. The number of hydrogen-bond acceptors (Lipinski definition) is 8. The topological polar surface area (TPSA) is 89.1 Å². The number of H-pyrrole nitrogens is 1. The molecule has 5 heterocycles. The smallest absolute Gasteiger partial charge is 0.208 e. The number of rotatable bonds is 5. The van der Waals surface area contributed by atoms with Gasteiger partial charge in [-0.05, 0) is 30.5 Å². The number of anilines is 1. The maximum Gasteiger partial charge on any atom is 0.208 e. The standard InChI is InChI=1S/C24H25F2N3O5S/c1-35-23-20-16(28-24(23)34-18-11-33-21-17(30)10-32-22(18)21)3-2-15(27-20)19-13(25)8-12(9-14(19)26)29-4-6-31-7-5-29/h2-3,8-9,17-18,21-22,28,30H,4-7,10-11H2,1H3/t17-,18-,21?,22-/m1/s1. The van der Waals surface area contributed by atoms with Crippen LogP contribution in [-0.4, -0.2) is 85.3 Å². The monoisotopic (exact) mass is 505 g/mol. The van der Waals surface area contributed by atoms with Gasteiger partial charge in [0.05, 0.1) is 48.1 Å². The molecule has 3 aromatic rings. The van der Waals surface area contributed by atoms with Crippen molar-refractivity contribution < 1.29 is 32.8 Å². The van der Waals surface area contributed by atoms with Crippen LogP contribution in [0.1, 0.15) is 0 Å². The first-order chi connectivity index (χ1) is 17.0. The zero-order valence-corrected chi connectivity index (χ0v) is 19.8. The molecule has 0 bridgehead atoms. The molecule has 3 fully saturated rings. The molecule has 2 aromatic heterocycles. The molecule has 1 unspecified atom stereocenters. The number of pyridine rings is 1. The van der Waals surface area contributed by atoms with Crippen LogP contribution in [0, 0.1) is 11.6 Å². The number of aliphatic hydroxyl groups excluding tert-OH is 1. The predicted octanol–water partition coefficient (Wildman–Crippen LogP) is 2.97. The lowest BCUT2D eigenvalue weighted by molar-refractivity contribution is 0.00742. The average molecular weight is 506 g/mol. The molecule has 0 spiro atoms. The van der Waals surface area contributed by atoms with Gasteiger partial charge in [0.15, 0.2) is 6.10 Å². The first-order valence-corrected chi connectivity index (χ1v) is 12.7. The summed E-state index contributed by atoms with van der Waals surface area (Å²) in [6.45, 7) is 2.73. The summed E-state index contributed by atoms with van der Waals surface area (Å²) < 4.78 is 53.1. The number of morpholine rings is 1. The third-order valence-electron chi connectivity index (χ3n) is 6.68. The van der Waals surface area contributed by atoms with Gasteiger partial charge in [-0.2, -0.15) is 0 Å². The Kier molecular flexibility index (Phi) is 6.05. The van der Waals surface area contributed by atoms with E-state index >= 15 is 8.78 Å². The van der Waals surface area contributed by atoms with E-state index < -0.39 is 29.9 Å². The van der Waals surface area contributed by atoms with E-state index in [0.717, 1.165) is 4.90 Å². The summed E-state index contributed by atoms with van der Waals surface area (Å²) in [6, 6.07) is 6.03. The van der Waals surface area contributed by atoms with Crippen LogP contribution in [0.25, 0.3) is 22.3 Å². The fourth-order valence-corrected chi connectivity index (χ4v) is 5.57. The van der Waals surface area contributed by atoms with Crippen molar-refractivity contribution in [2.45, 2.75) is 29.3 Å². The van der Waals surface area contributed by atoms with Crippen molar-refractivity contribution in [3.63, 3.8) is 0 Å². The number of ether oxygens (including phenoxy) is 4. The van der Waals surface area contributed by atoms with Crippen LogP contribution in [-0.2, 0) is 14.2 Å². The molecular weight excluding hydrogens is 480 g/mol. The zero-order valence-electron chi connectivity index (χ0n) is 19.0. The first-order valence-electron chi connectivity index (χ1n) is 11.5. The first kappa shape index (κ1) is 23.0. The summed E-state index contributed by atoms with van der Waals surface area (Å²) in [7, 11) is 0. The number of fused-ring (bicyclic) bond motifs is 2. The van der Waals surface area contributed by atoms with E-state index in [0.29, 0.717) is 55.5 Å². The Balaban J connectivity index is 1.32. The highest BCUT2D eigenvalue weighted by atomic mass is 32.2. The molecule has 0 radical (unpaired) electrons. The van der Waals surface area contributed by atoms with Crippen LogP contribution >= 0.6 is 11.8 Å². The van der Waals surface area contributed by atoms with E-state index in [1.165, 1.54) is 23.9 Å². The van der Waals surface area contributed by atoms with Crippen molar-refractivity contribution >= 4 is 28.5 Å². The van der Waals surface area contributed by atoms with E-state index in [2.05, 4.69) is 9.97 Å². The molecular formula is C24H25F2N3O5S. The number of nitrogens with one attached hydrogen (secondary N) is 1. The molecule has 0 aliphatic carbocycles. The summed E-state index contributed by atoms with van der Waals surface area (Å²) in [5.74, 6) is -0.843. The molecule has 3 saturated heterocycles. The number of halogens is 2. The van der Waals surface area contributed by atoms with Gasteiger partial charge in [0.2, 0.25) is 5.88 Å². The van der Waals surface area contributed by atoms with Gasteiger partial charge in [-0.3, -0.25) is 0 Å². The minimum Gasteiger partial charge on any atom is -0.469 e. The highest BCUT2D eigenvalue weighted by molar-refractivity contribution is 7.99. The molecule has 2 N–H and O–H groups in total. The Morgan fingerprint density at radius 1 is 1.11 bits per heavy atom. The molecule has 11 heteroatoms. The number of hydrogen-bond donors (Lipinski definition) is 2. The Hall–Kier alpha value is -2.44. The van der Waals surface area contributed by atoms with Crippen LogP contribution in [0.15, 0.2) is 29.2 Å². The van der Waals surface area contributed by atoms with Crippen molar-refractivity contribution in [1.29, 1.82) is 0 Å². The second-order valence-electron chi connectivity index (χ2n) is 8.78. The summed E-state index contributed by atoms with van der Waals surface area (Å²) in [6.07, 6.45) is 0.0607. The lowest BCUT2D eigenvalue weighted by Crippen LogP contribution is -2.36. The highest BCUT2D eigenvalue weighted by Gasteiger charge is 2.48. The predicted molar refractivity (Wildman–Crippen MR) is 126 cm³/mol. The van der Waals surface area contributed by atoms with Crippen LogP contribution in [0.5, 0.6) is 5.88 Å². The molecule has 35 heavy (non-hydrogen) atoms. The lowest BCUT2D eigenvalue weighted by atomic mass is 10.1. The third kappa shape index (κ3) is 4.05. The van der Waals surface area contributed by atoms with E-state index in [9.17, 15) is 5.11 Å². The maximum absolute atomic E-state index is 15.1. The zero-order chi connectivity index (χ0) is 24.1. The number of aromatic nitrogens is 2. The van der Waals surface area contributed by atoms with E-state index in [1.807, 2.05) is 11.2 Å². The number of aromatic amines is 1. The fourth-order valence-electron chi connectivity index (χ4n) is 4.94. The number of aliphatic hydroxyl groups is 1. The van der Waals surface area contributed by atoms with E-state index in [1.54, 1.807) is 12.1 Å². The highest BCUT2D eigenvalue weighted by Crippen LogP contribution is 2.39. The second kappa shape index (κ2) is 9.21. The Labute approximate surface area is 204 Å². The molecule has 4 atom stereocenters. The average Bonchev–Trinajstić information content (AvgIpc) is 3.54. The molecule has 0 saturated carbocycles. The van der Waals surface area contributed by atoms with Gasteiger partial charge in [0.25, 0.3) is 0 Å². The summed E-state index contributed by atoms with van der Waals surface area (Å²) in [4.78, 5) is 10.4.